The Bertz CT molecular complexity index is 724. The number of likely N-dealkylation sites (N-methyl/N-ethyl adjacent to an activating group) is 1. The molecule has 1 N–H and O–H groups in total. The summed E-state index contributed by atoms with van der Waals surface area (Å²) >= 11 is 0. The van der Waals surface area contributed by atoms with Gasteiger partial charge in [0.1, 0.15) is 11.6 Å². The van der Waals surface area contributed by atoms with Crippen molar-refractivity contribution in [3.05, 3.63) is 53.5 Å². The van der Waals surface area contributed by atoms with Gasteiger partial charge in [0, 0.05) is 31.7 Å². The number of rotatable bonds is 3. The first-order valence-corrected chi connectivity index (χ1v) is 8.00. The van der Waals surface area contributed by atoms with E-state index in [0.717, 1.165) is 32.0 Å². The minimum Gasteiger partial charge on any atom is -0.354 e. The number of aromatic nitrogens is 1. The van der Waals surface area contributed by atoms with Gasteiger partial charge < -0.3 is 15.1 Å². The molecule has 5 nitrogen and oxygen atoms in total. The van der Waals surface area contributed by atoms with Crippen LogP contribution in [0.1, 0.15) is 15.9 Å². The number of benzene rings is 1. The van der Waals surface area contributed by atoms with Crippen LogP contribution in [-0.2, 0) is 0 Å². The van der Waals surface area contributed by atoms with Crippen LogP contribution >= 0.6 is 0 Å². The molecular weight excluding hydrogens is 307 g/mol. The van der Waals surface area contributed by atoms with Crippen molar-refractivity contribution in [1.82, 2.24) is 9.88 Å². The molecule has 1 aromatic heterocycles. The second-order valence-corrected chi connectivity index (χ2v) is 6.11. The molecule has 1 aliphatic heterocycles. The zero-order valence-corrected chi connectivity index (χ0v) is 13.9. The monoisotopic (exact) mass is 328 g/mol. The third-order valence-electron chi connectivity index (χ3n) is 4.27. The minimum atomic E-state index is -0.383. The van der Waals surface area contributed by atoms with Crippen molar-refractivity contribution in [3.63, 3.8) is 0 Å². The Balaban J connectivity index is 1.65. The molecule has 3 rings (SSSR count). The summed E-state index contributed by atoms with van der Waals surface area (Å²) in [5, 5.41) is 2.75. The first kappa shape index (κ1) is 16.4. The molecule has 0 spiro atoms. The van der Waals surface area contributed by atoms with Gasteiger partial charge in [0.2, 0.25) is 0 Å². The van der Waals surface area contributed by atoms with Gasteiger partial charge in [-0.1, -0.05) is 6.07 Å². The first-order chi connectivity index (χ1) is 11.5. The van der Waals surface area contributed by atoms with E-state index < -0.39 is 0 Å². The highest BCUT2D eigenvalue weighted by atomic mass is 19.1. The third kappa shape index (κ3) is 3.71. The second-order valence-electron chi connectivity index (χ2n) is 6.11. The zero-order valence-electron chi connectivity index (χ0n) is 13.9. The van der Waals surface area contributed by atoms with Gasteiger partial charge in [-0.25, -0.2) is 9.37 Å². The third-order valence-corrected chi connectivity index (χ3v) is 4.27. The van der Waals surface area contributed by atoms with Crippen molar-refractivity contribution in [2.75, 3.05) is 43.4 Å². The number of anilines is 2. The Kier molecular flexibility index (Phi) is 4.76. The summed E-state index contributed by atoms with van der Waals surface area (Å²) in [7, 11) is 2.11. The van der Waals surface area contributed by atoms with Crippen LogP contribution in [0.5, 0.6) is 0 Å². The van der Waals surface area contributed by atoms with Crippen LogP contribution in [0.15, 0.2) is 36.5 Å². The maximum absolute atomic E-state index is 13.6. The van der Waals surface area contributed by atoms with Crippen molar-refractivity contribution >= 4 is 17.4 Å². The SMILES string of the molecule is Cc1ccc(C(=O)Nc2ccc(N3CCN(C)CC3)nc2)cc1F. The van der Waals surface area contributed by atoms with Crippen LogP contribution in [-0.4, -0.2) is 49.0 Å². The summed E-state index contributed by atoms with van der Waals surface area (Å²) in [5.41, 5.74) is 1.41. The number of carbonyl (C=O) groups is 1. The number of nitrogens with zero attached hydrogens (tertiary/aromatic N) is 3. The molecule has 6 heteroatoms. The average Bonchev–Trinajstić information content (AvgIpc) is 2.59. The molecule has 1 amide bonds. The Hall–Kier alpha value is -2.47. The maximum atomic E-state index is 13.6. The van der Waals surface area contributed by atoms with Crippen LogP contribution in [0, 0.1) is 12.7 Å². The van der Waals surface area contributed by atoms with Gasteiger partial charge in [-0.3, -0.25) is 4.79 Å². The zero-order chi connectivity index (χ0) is 17.1. The summed E-state index contributed by atoms with van der Waals surface area (Å²) in [5.74, 6) is 0.178. The lowest BCUT2D eigenvalue weighted by atomic mass is 10.1. The molecule has 24 heavy (non-hydrogen) atoms. The highest BCUT2D eigenvalue weighted by Crippen LogP contribution is 2.17. The molecule has 1 aliphatic rings. The average molecular weight is 328 g/mol. The van der Waals surface area contributed by atoms with E-state index in [2.05, 4.69) is 27.1 Å². The molecule has 0 radical (unpaired) electrons. The summed E-state index contributed by atoms with van der Waals surface area (Å²) in [6.07, 6.45) is 1.64. The molecule has 0 bridgehead atoms. The molecule has 0 atom stereocenters. The standard InChI is InChI=1S/C18H21FN4O/c1-13-3-4-14(11-16(13)19)18(24)21-15-5-6-17(20-12-15)23-9-7-22(2)8-10-23/h3-6,11-12H,7-10H2,1-2H3,(H,21,24). The predicted molar refractivity (Wildman–Crippen MR) is 93.0 cm³/mol. The normalized spacial score (nSPS) is 15.4. The van der Waals surface area contributed by atoms with E-state index in [1.54, 1.807) is 25.3 Å². The van der Waals surface area contributed by atoms with Gasteiger partial charge in [-0.15, -0.1) is 0 Å². The number of halogens is 1. The number of pyridine rings is 1. The van der Waals surface area contributed by atoms with Gasteiger partial charge in [-0.05, 0) is 43.8 Å². The molecule has 0 unspecified atom stereocenters. The highest BCUT2D eigenvalue weighted by Gasteiger charge is 2.15. The number of hydrogen-bond acceptors (Lipinski definition) is 4. The lowest BCUT2D eigenvalue weighted by Crippen LogP contribution is -2.44. The van der Waals surface area contributed by atoms with Gasteiger partial charge in [0.15, 0.2) is 0 Å². The van der Waals surface area contributed by atoms with Crippen molar-refractivity contribution < 1.29 is 9.18 Å². The molecule has 1 fully saturated rings. The Morgan fingerprint density at radius 2 is 1.92 bits per heavy atom. The van der Waals surface area contributed by atoms with Crippen LogP contribution in [0.2, 0.25) is 0 Å². The quantitative estimate of drug-likeness (QED) is 0.941. The van der Waals surface area contributed by atoms with Gasteiger partial charge >= 0.3 is 0 Å². The number of carbonyl (C=O) groups excluding carboxylic acids is 1. The van der Waals surface area contributed by atoms with Crippen molar-refractivity contribution in [2.45, 2.75) is 6.92 Å². The molecule has 0 aliphatic carbocycles. The summed E-state index contributed by atoms with van der Waals surface area (Å²) < 4.78 is 13.6. The Morgan fingerprint density at radius 3 is 2.54 bits per heavy atom. The van der Waals surface area contributed by atoms with E-state index in [0.29, 0.717) is 16.8 Å². The van der Waals surface area contributed by atoms with Crippen LogP contribution in [0.3, 0.4) is 0 Å². The van der Waals surface area contributed by atoms with Crippen molar-refractivity contribution in [1.29, 1.82) is 0 Å². The Morgan fingerprint density at radius 1 is 1.17 bits per heavy atom. The lowest BCUT2D eigenvalue weighted by molar-refractivity contribution is 0.102. The van der Waals surface area contributed by atoms with Crippen LogP contribution in [0.25, 0.3) is 0 Å². The van der Waals surface area contributed by atoms with E-state index in [1.807, 2.05) is 12.1 Å². The summed E-state index contributed by atoms with van der Waals surface area (Å²) in [6.45, 7) is 5.58. The fourth-order valence-electron chi connectivity index (χ4n) is 2.62. The smallest absolute Gasteiger partial charge is 0.255 e. The molecule has 0 saturated carbocycles. The first-order valence-electron chi connectivity index (χ1n) is 8.00. The predicted octanol–water partition coefficient (Wildman–Crippen LogP) is 2.53. The molecule has 2 heterocycles. The van der Waals surface area contributed by atoms with Crippen molar-refractivity contribution in [2.24, 2.45) is 0 Å². The molecule has 126 valence electrons. The second kappa shape index (κ2) is 6.97. The van der Waals surface area contributed by atoms with E-state index in [4.69, 9.17) is 0 Å². The topological polar surface area (TPSA) is 48.5 Å². The molecule has 1 saturated heterocycles. The fraction of sp³-hybridized carbons (Fsp3) is 0.333. The highest BCUT2D eigenvalue weighted by molar-refractivity contribution is 6.04. The van der Waals surface area contributed by atoms with E-state index in [9.17, 15) is 9.18 Å². The van der Waals surface area contributed by atoms with Gasteiger partial charge in [-0.2, -0.15) is 0 Å². The summed E-state index contributed by atoms with van der Waals surface area (Å²) in [4.78, 5) is 21.1. The largest absolute Gasteiger partial charge is 0.354 e. The van der Waals surface area contributed by atoms with E-state index in [-0.39, 0.29) is 11.7 Å². The number of aryl methyl sites for hydroxylation is 1. The number of hydrogen-bond donors (Lipinski definition) is 1. The Labute approximate surface area is 141 Å². The molecule has 2 aromatic rings. The minimum absolute atomic E-state index is 0.293. The maximum Gasteiger partial charge on any atom is 0.255 e. The lowest BCUT2D eigenvalue weighted by Gasteiger charge is -2.33. The number of amides is 1. The fourth-order valence-corrected chi connectivity index (χ4v) is 2.62. The van der Waals surface area contributed by atoms with Crippen LogP contribution < -0.4 is 10.2 Å². The van der Waals surface area contributed by atoms with E-state index >= 15 is 0 Å². The van der Waals surface area contributed by atoms with Crippen molar-refractivity contribution in [3.8, 4) is 0 Å². The molecular formula is C18H21FN4O. The van der Waals surface area contributed by atoms with Gasteiger partial charge in [0.25, 0.3) is 5.91 Å². The summed E-state index contributed by atoms with van der Waals surface area (Å²) in [6, 6.07) is 8.18. The van der Waals surface area contributed by atoms with Crippen LogP contribution in [0.4, 0.5) is 15.9 Å². The molecule has 1 aromatic carbocycles. The van der Waals surface area contributed by atoms with E-state index in [1.165, 1.54) is 6.07 Å². The number of piperazine rings is 1. The number of nitrogens with one attached hydrogen (secondary N) is 1. The van der Waals surface area contributed by atoms with Gasteiger partial charge in [0.05, 0.1) is 11.9 Å².